The molecule has 0 saturated heterocycles. The highest BCUT2D eigenvalue weighted by molar-refractivity contribution is 9.10. The lowest BCUT2D eigenvalue weighted by atomic mass is 10.0. The number of nitrogens with one attached hydrogen (secondary N) is 1. The third-order valence-corrected chi connectivity index (χ3v) is 2.90. The molecule has 1 aromatic rings. The second-order valence-corrected chi connectivity index (χ2v) is 4.56. The van der Waals surface area contributed by atoms with Crippen molar-refractivity contribution in [3.05, 3.63) is 33.8 Å². The van der Waals surface area contributed by atoms with Gasteiger partial charge in [0.2, 0.25) is 0 Å². The summed E-state index contributed by atoms with van der Waals surface area (Å²) in [4.78, 5) is 0. The zero-order chi connectivity index (χ0) is 12.1. The highest BCUT2D eigenvalue weighted by Crippen LogP contribution is 2.27. The lowest BCUT2D eigenvalue weighted by Crippen LogP contribution is -2.29. The van der Waals surface area contributed by atoms with Crippen LogP contribution in [0.1, 0.15) is 37.8 Å². The van der Waals surface area contributed by atoms with Crippen LogP contribution in [-0.2, 0) is 0 Å². The Hall–Kier alpha value is -0.520. The summed E-state index contributed by atoms with van der Waals surface area (Å²) in [7, 11) is 0. The maximum atomic E-state index is 13.6. The van der Waals surface area contributed by atoms with Crippen LogP contribution in [0.25, 0.3) is 0 Å². The summed E-state index contributed by atoms with van der Waals surface area (Å²) >= 11 is 3.04. The van der Waals surface area contributed by atoms with Gasteiger partial charge in [0.15, 0.2) is 0 Å². The van der Waals surface area contributed by atoms with Crippen LogP contribution in [0.2, 0.25) is 0 Å². The molecule has 2 nitrogen and oxygen atoms in total. The highest BCUT2D eigenvalue weighted by Gasteiger charge is 2.19. The van der Waals surface area contributed by atoms with Gasteiger partial charge in [0.05, 0.1) is 6.04 Å². The Balaban J connectivity index is 2.99. The lowest BCUT2D eigenvalue weighted by molar-refractivity contribution is 0.442. The number of hydrogen-bond acceptors (Lipinski definition) is 2. The average Bonchev–Trinajstić information content (AvgIpc) is 2.21. The summed E-state index contributed by atoms with van der Waals surface area (Å²) in [6.07, 6.45) is 2.43. The minimum Gasteiger partial charge on any atom is -0.271 e. The first-order valence-electron chi connectivity index (χ1n) is 5.20. The molecule has 0 spiro atoms. The van der Waals surface area contributed by atoms with Crippen molar-refractivity contribution in [2.75, 3.05) is 0 Å². The zero-order valence-corrected chi connectivity index (χ0v) is 10.7. The van der Waals surface area contributed by atoms with Gasteiger partial charge in [-0.2, -0.15) is 0 Å². The quantitative estimate of drug-likeness (QED) is 0.645. The molecule has 0 radical (unpaired) electrons. The van der Waals surface area contributed by atoms with Gasteiger partial charge in [-0.1, -0.05) is 35.7 Å². The summed E-state index contributed by atoms with van der Waals surface area (Å²) in [6, 6.07) is 2.01. The summed E-state index contributed by atoms with van der Waals surface area (Å²) < 4.78 is 27.6. The van der Waals surface area contributed by atoms with Crippen LogP contribution in [-0.4, -0.2) is 0 Å². The Morgan fingerprint density at radius 1 is 1.38 bits per heavy atom. The fraction of sp³-hybridized carbons (Fsp3) is 0.455. The van der Waals surface area contributed by atoms with E-state index in [0.717, 1.165) is 12.8 Å². The molecule has 1 rings (SSSR count). The van der Waals surface area contributed by atoms with Crippen LogP contribution >= 0.6 is 15.9 Å². The van der Waals surface area contributed by atoms with Crippen molar-refractivity contribution in [3.63, 3.8) is 0 Å². The predicted octanol–water partition coefficient (Wildman–Crippen LogP) is 3.42. The van der Waals surface area contributed by atoms with Crippen LogP contribution in [0.3, 0.4) is 0 Å². The van der Waals surface area contributed by atoms with E-state index in [1.165, 1.54) is 12.1 Å². The van der Waals surface area contributed by atoms with Crippen molar-refractivity contribution in [2.45, 2.75) is 32.2 Å². The number of unbranched alkanes of at least 4 members (excludes halogenated alkanes) is 1. The maximum absolute atomic E-state index is 13.6. The summed E-state index contributed by atoms with van der Waals surface area (Å²) in [5.74, 6) is 4.17. The van der Waals surface area contributed by atoms with E-state index in [1.54, 1.807) is 0 Å². The van der Waals surface area contributed by atoms with Crippen molar-refractivity contribution in [2.24, 2.45) is 5.84 Å². The molecule has 0 fully saturated rings. The molecule has 90 valence electrons. The minimum absolute atomic E-state index is 0.0131. The fourth-order valence-electron chi connectivity index (χ4n) is 1.61. The Morgan fingerprint density at radius 2 is 1.94 bits per heavy atom. The van der Waals surface area contributed by atoms with Gasteiger partial charge >= 0.3 is 0 Å². The van der Waals surface area contributed by atoms with Crippen LogP contribution in [0.5, 0.6) is 0 Å². The SMILES string of the molecule is CCCCC(NN)c1c(F)cc(Br)cc1F. The third kappa shape index (κ3) is 3.23. The van der Waals surface area contributed by atoms with Gasteiger partial charge in [0.1, 0.15) is 11.6 Å². The first-order valence-corrected chi connectivity index (χ1v) is 6.00. The van der Waals surface area contributed by atoms with Gasteiger partial charge in [-0.15, -0.1) is 0 Å². The second-order valence-electron chi connectivity index (χ2n) is 3.64. The molecule has 0 aliphatic heterocycles. The number of benzene rings is 1. The summed E-state index contributed by atoms with van der Waals surface area (Å²) in [5.41, 5.74) is 2.47. The van der Waals surface area contributed by atoms with Crippen molar-refractivity contribution < 1.29 is 8.78 Å². The molecular weight excluding hydrogens is 278 g/mol. The molecule has 0 aromatic heterocycles. The molecule has 0 amide bonds. The van der Waals surface area contributed by atoms with Gasteiger partial charge < -0.3 is 0 Å². The van der Waals surface area contributed by atoms with Crippen molar-refractivity contribution in [3.8, 4) is 0 Å². The third-order valence-electron chi connectivity index (χ3n) is 2.44. The second kappa shape index (κ2) is 6.27. The molecule has 1 atom stereocenters. The van der Waals surface area contributed by atoms with E-state index in [2.05, 4.69) is 21.4 Å². The van der Waals surface area contributed by atoms with Crippen molar-refractivity contribution in [1.82, 2.24) is 5.43 Å². The standard InChI is InChI=1S/C11H15BrF2N2/c1-2-3-4-10(16-15)11-8(13)5-7(12)6-9(11)14/h5-6,10,16H,2-4,15H2,1H3. The molecule has 0 aliphatic rings. The molecular formula is C11H15BrF2N2. The first-order chi connectivity index (χ1) is 7.60. The van der Waals surface area contributed by atoms with Gasteiger partial charge in [0.25, 0.3) is 0 Å². The van der Waals surface area contributed by atoms with Gasteiger partial charge in [-0.05, 0) is 18.6 Å². The summed E-state index contributed by atoms with van der Waals surface area (Å²) in [5, 5.41) is 0. The number of rotatable bonds is 5. The monoisotopic (exact) mass is 292 g/mol. The Morgan fingerprint density at radius 3 is 2.38 bits per heavy atom. The lowest BCUT2D eigenvalue weighted by Gasteiger charge is -2.17. The Kier molecular flexibility index (Phi) is 5.31. The minimum atomic E-state index is -0.578. The highest BCUT2D eigenvalue weighted by atomic mass is 79.9. The van der Waals surface area contributed by atoms with E-state index in [9.17, 15) is 8.78 Å². The van der Waals surface area contributed by atoms with Crippen molar-refractivity contribution in [1.29, 1.82) is 0 Å². The molecule has 5 heteroatoms. The summed E-state index contributed by atoms with van der Waals surface area (Å²) in [6.45, 7) is 2.02. The number of hydrazine groups is 1. The molecule has 16 heavy (non-hydrogen) atoms. The fourth-order valence-corrected chi connectivity index (χ4v) is 2.01. The predicted molar refractivity (Wildman–Crippen MR) is 63.6 cm³/mol. The molecule has 1 aromatic carbocycles. The van der Waals surface area contributed by atoms with Crippen LogP contribution in [0, 0.1) is 11.6 Å². The normalized spacial score (nSPS) is 12.8. The molecule has 1 unspecified atom stereocenters. The Labute approximate surface area is 102 Å². The molecule has 0 saturated carbocycles. The number of nitrogens with two attached hydrogens (primary N) is 1. The smallest absolute Gasteiger partial charge is 0.132 e. The van der Waals surface area contributed by atoms with E-state index in [0.29, 0.717) is 10.9 Å². The van der Waals surface area contributed by atoms with Crippen molar-refractivity contribution >= 4 is 15.9 Å². The number of hydrogen-bond donors (Lipinski definition) is 2. The molecule has 0 bridgehead atoms. The van der Waals surface area contributed by atoms with E-state index in [1.807, 2.05) is 6.92 Å². The number of halogens is 3. The molecule has 0 heterocycles. The van der Waals surface area contributed by atoms with E-state index in [4.69, 9.17) is 5.84 Å². The molecule has 3 N–H and O–H groups in total. The van der Waals surface area contributed by atoms with Gasteiger partial charge in [-0.3, -0.25) is 11.3 Å². The largest absolute Gasteiger partial charge is 0.271 e. The van der Waals surface area contributed by atoms with Crippen LogP contribution < -0.4 is 11.3 Å². The maximum Gasteiger partial charge on any atom is 0.132 e. The topological polar surface area (TPSA) is 38.0 Å². The first kappa shape index (κ1) is 13.5. The van der Waals surface area contributed by atoms with Crippen LogP contribution in [0.15, 0.2) is 16.6 Å². The van der Waals surface area contributed by atoms with E-state index < -0.39 is 17.7 Å². The van der Waals surface area contributed by atoms with Crippen LogP contribution in [0.4, 0.5) is 8.78 Å². The van der Waals surface area contributed by atoms with E-state index >= 15 is 0 Å². The Bertz CT molecular complexity index is 335. The van der Waals surface area contributed by atoms with Gasteiger partial charge in [0, 0.05) is 10.0 Å². The molecule has 0 aliphatic carbocycles. The van der Waals surface area contributed by atoms with E-state index in [-0.39, 0.29) is 5.56 Å². The average molecular weight is 293 g/mol. The van der Waals surface area contributed by atoms with Gasteiger partial charge in [-0.25, -0.2) is 8.78 Å². The zero-order valence-electron chi connectivity index (χ0n) is 9.06.